The van der Waals surface area contributed by atoms with E-state index < -0.39 is 0 Å². The van der Waals surface area contributed by atoms with Crippen LogP contribution in [0.1, 0.15) is 5.69 Å². The van der Waals surface area contributed by atoms with Crippen molar-refractivity contribution in [1.82, 2.24) is 9.97 Å². The topological polar surface area (TPSA) is 37.8 Å². The number of hydrogen-bond donors (Lipinski definition) is 1. The summed E-state index contributed by atoms with van der Waals surface area (Å²) in [6.45, 7) is 1.91. The second-order valence-corrected chi connectivity index (χ2v) is 4.35. The fourth-order valence-corrected chi connectivity index (χ4v) is 1.88. The van der Waals surface area contributed by atoms with Crippen molar-refractivity contribution >= 4 is 29.0 Å². The molecule has 0 aliphatic heterocycles. The summed E-state index contributed by atoms with van der Waals surface area (Å²) in [5.41, 5.74) is 1.61. The molecule has 3 nitrogen and oxygen atoms in total. The fraction of sp³-hybridized carbons (Fsp3) is 0.167. The van der Waals surface area contributed by atoms with Gasteiger partial charge in [0.15, 0.2) is 5.82 Å². The Morgan fingerprint density at radius 3 is 2.65 bits per heavy atom. The Balaban J connectivity index is 2.60. The van der Waals surface area contributed by atoms with Crippen LogP contribution in [0.2, 0.25) is 10.0 Å². The molecular formula is C12H11Cl2N3. The molecule has 0 aliphatic rings. The van der Waals surface area contributed by atoms with Crippen LogP contribution in [0.5, 0.6) is 0 Å². The van der Waals surface area contributed by atoms with Gasteiger partial charge in [-0.1, -0.05) is 29.3 Å². The van der Waals surface area contributed by atoms with E-state index in [4.69, 9.17) is 23.2 Å². The lowest BCUT2D eigenvalue weighted by molar-refractivity contribution is 1.11. The van der Waals surface area contributed by atoms with Gasteiger partial charge in [0.2, 0.25) is 0 Å². The van der Waals surface area contributed by atoms with Gasteiger partial charge in [-0.25, -0.2) is 9.97 Å². The minimum atomic E-state index is 0.474. The molecule has 0 aliphatic carbocycles. The molecule has 0 bridgehead atoms. The van der Waals surface area contributed by atoms with Crippen molar-refractivity contribution in [2.75, 3.05) is 12.4 Å². The van der Waals surface area contributed by atoms with E-state index >= 15 is 0 Å². The summed E-state index contributed by atoms with van der Waals surface area (Å²) in [5.74, 6) is 1.32. The Morgan fingerprint density at radius 1 is 1.18 bits per heavy atom. The summed E-state index contributed by atoms with van der Waals surface area (Å²) in [4.78, 5) is 8.72. The van der Waals surface area contributed by atoms with Gasteiger partial charge in [0.25, 0.3) is 0 Å². The molecule has 5 heteroatoms. The smallest absolute Gasteiger partial charge is 0.163 e. The minimum Gasteiger partial charge on any atom is -0.373 e. The van der Waals surface area contributed by atoms with Crippen LogP contribution in [0.15, 0.2) is 24.3 Å². The van der Waals surface area contributed by atoms with Gasteiger partial charge >= 0.3 is 0 Å². The van der Waals surface area contributed by atoms with E-state index in [1.165, 1.54) is 0 Å². The molecule has 17 heavy (non-hydrogen) atoms. The lowest BCUT2D eigenvalue weighted by Crippen LogP contribution is -1.98. The van der Waals surface area contributed by atoms with E-state index in [0.29, 0.717) is 15.9 Å². The normalized spacial score (nSPS) is 10.4. The zero-order valence-corrected chi connectivity index (χ0v) is 11.0. The van der Waals surface area contributed by atoms with Crippen LogP contribution >= 0.6 is 23.2 Å². The zero-order valence-electron chi connectivity index (χ0n) is 9.46. The van der Waals surface area contributed by atoms with Crippen LogP contribution in [0.25, 0.3) is 11.4 Å². The van der Waals surface area contributed by atoms with E-state index in [2.05, 4.69) is 15.3 Å². The molecule has 0 unspecified atom stereocenters. The average Bonchev–Trinajstić information content (AvgIpc) is 2.31. The molecule has 1 N–H and O–H groups in total. The number of aryl methyl sites for hydroxylation is 1. The van der Waals surface area contributed by atoms with Crippen molar-refractivity contribution in [1.29, 1.82) is 0 Å². The van der Waals surface area contributed by atoms with Gasteiger partial charge in [0.05, 0.1) is 10.0 Å². The predicted molar refractivity (Wildman–Crippen MR) is 71.8 cm³/mol. The highest BCUT2D eigenvalue weighted by molar-refractivity contribution is 6.43. The highest BCUT2D eigenvalue weighted by atomic mass is 35.5. The summed E-state index contributed by atoms with van der Waals surface area (Å²) < 4.78 is 0. The van der Waals surface area contributed by atoms with Gasteiger partial charge < -0.3 is 5.32 Å². The maximum atomic E-state index is 6.14. The van der Waals surface area contributed by atoms with Crippen molar-refractivity contribution in [3.63, 3.8) is 0 Å². The SMILES string of the molecule is CNc1cc(C)nc(-c2cccc(Cl)c2Cl)n1. The molecule has 0 saturated heterocycles. The summed E-state index contributed by atoms with van der Waals surface area (Å²) in [6, 6.07) is 7.28. The molecule has 0 radical (unpaired) electrons. The van der Waals surface area contributed by atoms with Crippen LogP contribution in [-0.4, -0.2) is 17.0 Å². The standard InChI is InChI=1S/C12H11Cl2N3/c1-7-6-10(15-2)17-12(16-7)8-4-3-5-9(13)11(8)14/h3-6H,1-2H3,(H,15,16,17). The minimum absolute atomic E-state index is 0.474. The molecule has 1 heterocycles. The highest BCUT2D eigenvalue weighted by Gasteiger charge is 2.10. The van der Waals surface area contributed by atoms with Gasteiger partial charge in [-0.05, 0) is 19.1 Å². The lowest BCUT2D eigenvalue weighted by Gasteiger charge is -2.07. The third kappa shape index (κ3) is 2.51. The van der Waals surface area contributed by atoms with Crippen LogP contribution in [-0.2, 0) is 0 Å². The van der Waals surface area contributed by atoms with Gasteiger partial charge in [0.1, 0.15) is 5.82 Å². The quantitative estimate of drug-likeness (QED) is 0.900. The van der Waals surface area contributed by atoms with Crippen LogP contribution in [0.4, 0.5) is 5.82 Å². The number of aromatic nitrogens is 2. The molecule has 88 valence electrons. The summed E-state index contributed by atoms with van der Waals surface area (Å²) in [6.07, 6.45) is 0. The molecule has 0 spiro atoms. The maximum Gasteiger partial charge on any atom is 0.163 e. The first-order valence-corrected chi connectivity index (χ1v) is 5.85. The molecule has 2 aromatic rings. The molecular weight excluding hydrogens is 257 g/mol. The number of benzene rings is 1. The van der Waals surface area contributed by atoms with Crippen molar-refractivity contribution in [3.05, 3.63) is 40.0 Å². The molecule has 0 atom stereocenters. The largest absolute Gasteiger partial charge is 0.373 e. The number of halogens is 2. The molecule has 1 aromatic heterocycles. The molecule has 1 aromatic carbocycles. The zero-order chi connectivity index (χ0) is 12.4. The molecule has 0 fully saturated rings. The van der Waals surface area contributed by atoms with E-state index in [1.807, 2.05) is 32.2 Å². The average molecular weight is 268 g/mol. The summed E-state index contributed by atoms with van der Waals surface area (Å²) >= 11 is 12.1. The Kier molecular flexibility index (Phi) is 3.50. The van der Waals surface area contributed by atoms with Crippen LogP contribution in [0, 0.1) is 6.92 Å². The fourth-order valence-electron chi connectivity index (χ4n) is 1.49. The van der Waals surface area contributed by atoms with Crippen molar-refractivity contribution in [2.24, 2.45) is 0 Å². The van der Waals surface area contributed by atoms with Crippen molar-refractivity contribution in [3.8, 4) is 11.4 Å². The third-order valence-corrected chi connectivity index (χ3v) is 3.12. The van der Waals surface area contributed by atoms with Gasteiger partial charge in [-0.3, -0.25) is 0 Å². The highest BCUT2D eigenvalue weighted by Crippen LogP contribution is 2.32. The van der Waals surface area contributed by atoms with E-state index in [-0.39, 0.29) is 0 Å². The second-order valence-electron chi connectivity index (χ2n) is 3.57. The first-order valence-electron chi connectivity index (χ1n) is 5.09. The van der Waals surface area contributed by atoms with Crippen LogP contribution in [0.3, 0.4) is 0 Å². The Labute approximate surface area is 110 Å². The maximum absolute atomic E-state index is 6.14. The number of hydrogen-bond acceptors (Lipinski definition) is 3. The Morgan fingerprint density at radius 2 is 1.94 bits per heavy atom. The summed E-state index contributed by atoms with van der Waals surface area (Å²) in [5, 5.41) is 3.96. The number of nitrogens with one attached hydrogen (secondary N) is 1. The van der Waals surface area contributed by atoms with E-state index in [1.54, 1.807) is 6.07 Å². The lowest BCUT2D eigenvalue weighted by atomic mass is 10.2. The van der Waals surface area contributed by atoms with Gasteiger partial charge in [-0.15, -0.1) is 0 Å². The monoisotopic (exact) mass is 267 g/mol. The first kappa shape index (κ1) is 12.1. The van der Waals surface area contributed by atoms with Gasteiger partial charge in [-0.2, -0.15) is 0 Å². The Hall–Kier alpha value is -1.32. The molecule has 2 rings (SSSR count). The van der Waals surface area contributed by atoms with Crippen molar-refractivity contribution in [2.45, 2.75) is 6.92 Å². The third-order valence-electron chi connectivity index (χ3n) is 2.30. The van der Waals surface area contributed by atoms with Crippen molar-refractivity contribution < 1.29 is 0 Å². The Bertz CT molecular complexity index is 555. The van der Waals surface area contributed by atoms with Crippen LogP contribution < -0.4 is 5.32 Å². The molecule has 0 saturated carbocycles. The van der Waals surface area contributed by atoms with Gasteiger partial charge in [0, 0.05) is 24.4 Å². The predicted octanol–water partition coefficient (Wildman–Crippen LogP) is 3.80. The van der Waals surface area contributed by atoms with E-state index in [0.717, 1.165) is 17.1 Å². The number of nitrogens with zero attached hydrogens (tertiary/aromatic N) is 2. The second kappa shape index (κ2) is 4.90. The number of anilines is 1. The summed E-state index contributed by atoms with van der Waals surface area (Å²) in [7, 11) is 1.81. The number of rotatable bonds is 2. The van der Waals surface area contributed by atoms with E-state index in [9.17, 15) is 0 Å². The first-order chi connectivity index (χ1) is 8.11. The molecule has 0 amide bonds.